The van der Waals surface area contributed by atoms with Gasteiger partial charge >= 0.3 is 0 Å². The molecule has 2 unspecified atom stereocenters. The number of aromatic nitrogens is 1. The highest BCUT2D eigenvalue weighted by Gasteiger charge is 2.32. The van der Waals surface area contributed by atoms with Gasteiger partial charge < -0.3 is 10.1 Å². The van der Waals surface area contributed by atoms with Crippen molar-refractivity contribution < 1.29 is 9.53 Å². The van der Waals surface area contributed by atoms with Crippen LogP contribution in [0.15, 0.2) is 5.38 Å². The number of nitrogens with one attached hydrogen (secondary N) is 1. The minimum Gasteiger partial charge on any atom is -0.379 e. The number of hydrogen-bond acceptors (Lipinski definition) is 5. The molecule has 5 heteroatoms. The summed E-state index contributed by atoms with van der Waals surface area (Å²) in [4.78, 5) is 16.3. The molecule has 1 aromatic rings. The van der Waals surface area contributed by atoms with Crippen LogP contribution in [-0.4, -0.2) is 37.1 Å². The minimum atomic E-state index is -0.0213. The van der Waals surface area contributed by atoms with Crippen molar-refractivity contribution in [3.8, 4) is 0 Å². The van der Waals surface area contributed by atoms with Crippen molar-refractivity contribution in [1.29, 1.82) is 0 Å². The number of thiazole rings is 1. The lowest BCUT2D eigenvalue weighted by Gasteiger charge is -2.14. The molecule has 0 aliphatic carbocycles. The fourth-order valence-electron chi connectivity index (χ4n) is 1.96. The minimum absolute atomic E-state index is 0.0213. The number of likely N-dealkylation sites (N-methyl/N-ethyl adjacent to an activating group) is 1. The third-order valence-electron chi connectivity index (χ3n) is 2.89. The van der Waals surface area contributed by atoms with E-state index in [-0.39, 0.29) is 17.7 Å². The van der Waals surface area contributed by atoms with E-state index < -0.39 is 0 Å². The van der Waals surface area contributed by atoms with E-state index in [9.17, 15) is 4.79 Å². The highest BCUT2D eigenvalue weighted by Crippen LogP contribution is 2.17. The average Bonchev–Trinajstić information content (AvgIpc) is 2.86. The molecule has 1 saturated heterocycles. The van der Waals surface area contributed by atoms with Gasteiger partial charge in [0.2, 0.25) is 0 Å². The summed E-state index contributed by atoms with van der Waals surface area (Å²) in [5.41, 5.74) is 0.884. The number of rotatable bonds is 4. The Balaban J connectivity index is 1.97. The van der Waals surface area contributed by atoms with Crippen LogP contribution in [0.1, 0.15) is 10.7 Å². The molecule has 0 saturated carbocycles. The average molecular weight is 240 g/mol. The largest absolute Gasteiger partial charge is 0.379 e. The molecule has 2 atom stereocenters. The van der Waals surface area contributed by atoms with E-state index in [0.717, 1.165) is 10.7 Å². The molecule has 2 rings (SSSR count). The second kappa shape index (κ2) is 5.03. The van der Waals surface area contributed by atoms with Crippen LogP contribution in [0.3, 0.4) is 0 Å². The Morgan fingerprint density at radius 3 is 3.12 bits per heavy atom. The number of carbonyl (C=O) groups excluding carboxylic acids is 1. The topological polar surface area (TPSA) is 51.2 Å². The molecule has 2 heterocycles. The zero-order valence-corrected chi connectivity index (χ0v) is 10.3. The van der Waals surface area contributed by atoms with Crippen molar-refractivity contribution in [3.05, 3.63) is 16.1 Å². The van der Waals surface area contributed by atoms with Gasteiger partial charge in [0.05, 0.1) is 29.8 Å². The smallest absolute Gasteiger partial charge is 0.145 e. The van der Waals surface area contributed by atoms with E-state index >= 15 is 0 Å². The molecule has 1 aromatic heterocycles. The lowest BCUT2D eigenvalue weighted by Crippen LogP contribution is -2.37. The predicted molar refractivity (Wildman–Crippen MR) is 62.7 cm³/mol. The molecule has 16 heavy (non-hydrogen) atoms. The van der Waals surface area contributed by atoms with Crippen LogP contribution in [-0.2, 0) is 16.0 Å². The van der Waals surface area contributed by atoms with Gasteiger partial charge in [-0.3, -0.25) is 4.79 Å². The van der Waals surface area contributed by atoms with Crippen LogP contribution in [0.25, 0.3) is 0 Å². The fraction of sp³-hybridized carbons (Fsp3) is 0.636. The summed E-state index contributed by atoms with van der Waals surface area (Å²) in [7, 11) is 1.87. The Labute approximate surface area is 99.0 Å². The number of Topliss-reactive ketones (excluding diaryl/α,β-unsaturated/α-hetero) is 1. The Kier molecular flexibility index (Phi) is 3.68. The summed E-state index contributed by atoms with van der Waals surface area (Å²) in [6.07, 6.45) is 0.427. The molecule has 0 amide bonds. The van der Waals surface area contributed by atoms with E-state index in [1.54, 1.807) is 11.3 Å². The Hall–Kier alpha value is -0.780. The summed E-state index contributed by atoms with van der Waals surface area (Å²) in [6, 6.07) is 0.159. The van der Waals surface area contributed by atoms with Gasteiger partial charge in [0.25, 0.3) is 0 Å². The molecule has 0 aromatic carbocycles. The van der Waals surface area contributed by atoms with Crippen molar-refractivity contribution in [1.82, 2.24) is 10.3 Å². The highest BCUT2D eigenvalue weighted by molar-refractivity contribution is 7.09. The van der Waals surface area contributed by atoms with Gasteiger partial charge in [-0.05, 0) is 14.0 Å². The number of aryl methyl sites for hydroxylation is 1. The third-order valence-corrected chi connectivity index (χ3v) is 3.71. The molecule has 1 aliphatic rings. The van der Waals surface area contributed by atoms with Gasteiger partial charge in [-0.15, -0.1) is 11.3 Å². The summed E-state index contributed by atoms with van der Waals surface area (Å²) < 4.78 is 5.32. The van der Waals surface area contributed by atoms with Gasteiger partial charge in [-0.1, -0.05) is 0 Å². The zero-order valence-electron chi connectivity index (χ0n) is 9.53. The van der Waals surface area contributed by atoms with E-state index in [1.165, 1.54) is 0 Å². The first-order valence-electron chi connectivity index (χ1n) is 5.39. The SMILES string of the molecule is CNC1COCC1C(=O)Cc1csc(C)n1. The van der Waals surface area contributed by atoms with Crippen molar-refractivity contribution in [2.24, 2.45) is 5.92 Å². The second-order valence-electron chi connectivity index (χ2n) is 4.04. The molecule has 0 radical (unpaired) electrons. The number of nitrogens with zero attached hydrogens (tertiary/aromatic N) is 1. The van der Waals surface area contributed by atoms with Gasteiger partial charge in [-0.25, -0.2) is 4.98 Å². The molecule has 0 bridgehead atoms. The summed E-state index contributed by atoms with van der Waals surface area (Å²) in [6.45, 7) is 3.12. The summed E-state index contributed by atoms with van der Waals surface area (Å²) in [5.74, 6) is 0.203. The van der Waals surface area contributed by atoms with E-state index in [1.807, 2.05) is 19.4 Å². The Bertz CT molecular complexity index is 378. The molecule has 88 valence electrons. The monoisotopic (exact) mass is 240 g/mol. The first-order chi connectivity index (χ1) is 7.70. The lowest BCUT2D eigenvalue weighted by atomic mass is 9.96. The van der Waals surface area contributed by atoms with Crippen LogP contribution < -0.4 is 5.32 Å². The quantitative estimate of drug-likeness (QED) is 0.845. The number of carbonyl (C=O) groups is 1. The van der Waals surface area contributed by atoms with E-state index in [4.69, 9.17) is 4.74 Å². The van der Waals surface area contributed by atoms with Gasteiger partial charge in [0.1, 0.15) is 5.78 Å². The van der Waals surface area contributed by atoms with Crippen molar-refractivity contribution in [3.63, 3.8) is 0 Å². The fourth-order valence-corrected chi connectivity index (χ4v) is 2.57. The number of ether oxygens (including phenoxy) is 1. The molecule has 0 spiro atoms. The van der Waals surface area contributed by atoms with Crippen LogP contribution in [0.2, 0.25) is 0 Å². The summed E-state index contributed by atoms with van der Waals surface area (Å²) >= 11 is 1.59. The Morgan fingerprint density at radius 2 is 2.50 bits per heavy atom. The maximum absolute atomic E-state index is 12.0. The van der Waals surface area contributed by atoms with Crippen LogP contribution in [0.5, 0.6) is 0 Å². The maximum Gasteiger partial charge on any atom is 0.145 e. The van der Waals surface area contributed by atoms with Crippen LogP contribution >= 0.6 is 11.3 Å². The maximum atomic E-state index is 12.0. The van der Waals surface area contributed by atoms with Crippen LogP contribution in [0.4, 0.5) is 0 Å². The van der Waals surface area contributed by atoms with Gasteiger partial charge in [-0.2, -0.15) is 0 Å². The van der Waals surface area contributed by atoms with E-state index in [0.29, 0.717) is 19.6 Å². The summed E-state index contributed by atoms with van der Waals surface area (Å²) in [5, 5.41) is 6.09. The molecule has 1 aliphatic heterocycles. The molecule has 4 nitrogen and oxygen atoms in total. The standard InChI is InChI=1S/C11H16N2O2S/c1-7-13-8(6-16-7)3-11(14)9-4-15-5-10(9)12-2/h6,9-10,12H,3-5H2,1-2H3. The van der Waals surface area contributed by atoms with E-state index in [2.05, 4.69) is 10.3 Å². The molecular weight excluding hydrogens is 224 g/mol. The zero-order chi connectivity index (χ0) is 11.5. The first kappa shape index (κ1) is 11.7. The van der Waals surface area contributed by atoms with Gasteiger partial charge in [0.15, 0.2) is 0 Å². The van der Waals surface area contributed by atoms with Crippen molar-refractivity contribution >= 4 is 17.1 Å². The van der Waals surface area contributed by atoms with Crippen molar-refractivity contribution in [2.45, 2.75) is 19.4 Å². The molecule has 1 N–H and O–H groups in total. The number of hydrogen-bond donors (Lipinski definition) is 1. The predicted octanol–water partition coefficient (Wildman–Crippen LogP) is 0.798. The van der Waals surface area contributed by atoms with Crippen molar-refractivity contribution in [2.75, 3.05) is 20.3 Å². The first-order valence-corrected chi connectivity index (χ1v) is 6.27. The third kappa shape index (κ3) is 2.48. The second-order valence-corrected chi connectivity index (χ2v) is 5.10. The molecule has 1 fully saturated rings. The molecular formula is C11H16N2O2S. The normalized spacial score (nSPS) is 24.9. The van der Waals surface area contributed by atoms with Crippen LogP contribution in [0, 0.1) is 12.8 Å². The number of ketones is 1. The Morgan fingerprint density at radius 1 is 1.69 bits per heavy atom. The highest BCUT2D eigenvalue weighted by atomic mass is 32.1. The lowest BCUT2D eigenvalue weighted by molar-refractivity contribution is -0.122. The van der Waals surface area contributed by atoms with Gasteiger partial charge in [0, 0.05) is 17.8 Å².